The summed E-state index contributed by atoms with van der Waals surface area (Å²) in [6.45, 7) is 26.3. The summed E-state index contributed by atoms with van der Waals surface area (Å²) in [5.74, 6) is 1.65. The first-order chi connectivity index (χ1) is 13.4. The molecule has 3 heteroatoms. The number of hydrogen-bond donors (Lipinski definition) is 0. The van der Waals surface area contributed by atoms with E-state index >= 15 is 0 Å². The van der Waals surface area contributed by atoms with Crippen LogP contribution in [-0.4, -0.2) is 6.66 Å². The van der Waals surface area contributed by atoms with Gasteiger partial charge in [-0.1, -0.05) is 45.6 Å². The van der Waals surface area contributed by atoms with Gasteiger partial charge in [0.15, 0.2) is 0 Å². The van der Waals surface area contributed by atoms with Gasteiger partial charge in [0, 0.05) is 0 Å². The zero-order valence-electron chi connectivity index (χ0n) is 20.2. The van der Waals surface area contributed by atoms with Gasteiger partial charge < -0.3 is 4.74 Å². The summed E-state index contributed by atoms with van der Waals surface area (Å²) in [5.41, 5.74) is 7.21. The zero-order valence-corrected chi connectivity index (χ0v) is 23.0. The van der Waals surface area contributed by atoms with Crippen molar-refractivity contribution < 1.29 is 23.1 Å². The summed E-state index contributed by atoms with van der Waals surface area (Å²) in [6.07, 6.45) is 3.62. The molecule has 29 heavy (non-hydrogen) atoms. The topological polar surface area (TPSA) is 9.23 Å². The van der Waals surface area contributed by atoms with E-state index in [1.54, 1.807) is 23.0 Å². The first-order valence-corrected chi connectivity index (χ1v) is 17.0. The minimum atomic E-state index is -0.315. The van der Waals surface area contributed by atoms with E-state index < -0.39 is 0 Å². The maximum atomic E-state index is 5.63. The van der Waals surface area contributed by atoms with Crippen LogP contribution >= 0.6 is 0 Å². The molecular formula is C26H40OSiTi. The Morgan fingerprint density at radius 1 is 1.10 bits per heavy atom. The van der Waals surface area contributed by atoms with Gasteiger partial charge in [0.05, 0.1) is 6.26 Å². The number of hydrogen-bond acceptors (Lipinski definition) is 1. The second kappa shape index (κ2) is 11.3. The van der Waals surface area contributed by atoms with E-state index in [0.29, 0.717) is 0 Å². The number of allylic oxidation sites excluding steroid dienone is 6. The molecule has 0 fully saturated rings. The van der Waals surface area contributed by atoms with Crippen molar-refractivity contribution in [1.82, 2.24) is 0 Å². The Morgan fingerprint density at radius 2 is 1.72 bits per heavy atom. The summed E-state index contributed by atoms with van der Waals surface area (Å²) in [7, 11) is 0. The Morgan fingerprint density at radius 3 is 2.14 bits per heavy atom. The predicted octanol–water partition coefficient (Wildman–Crippen LogP) is 7.80. The molecule has 0 aromatic heterocycles. The first kappa shape index (κ1) is 25.9. The first-order valence-electron chi connectivity index (χ1n) is 10.6. The van der Waals surface area contributed by atoms with Gasteiger partial charge in [-0.15, -0.1) is 0 Å². The summed E-state index contributed by atoms with van der Waals surface area (Å²) in [4.78, 5) is 0. The van der Waals surface area contributed by atoms with Gasteiger partial charge >= 0.3 is 92.4 Å². The molecule has 0 radical (unpaired) electrons. The monoisotopic (exact) mass is 444 g/mol. The molecule has 0 saturated heterocycles. The fourth-order valence-electron chi connectivity index (χ4n) is 3.26. The quantitative estimate of drug-likeness (QED) is 0.256. The summed E-state index contributed by atoms with van der Waals surface area (Å²) < 4.78 is 7.49. The summed E-state index contributed by atoms with van der Waals surface area (Å²) >= 11 is 0.267. The third-order valence-electron chi connectivity index (χ3n) is 5.48. The van der Waals surface area contributed by atoms with Crippen LogP contribution in [0.15, 0.2) is 69.4 Å². The Labute approximate surface area is 189 Å². The molecule has 1 aliphatic rings. The second-order valence-corrected chi connectivity index (χ2v) is 19.5. The predicted molar refractivity (Wildman–Crippen MR) is 129 cm³/mol. The molecular weight excluding hydrogens is 404 g/mol. The standard InChI is InChI=1S/C15H20O.C9H13.C2H7Si.Ti/c1-6-13(15(3,4)5)11-16-14-9-7-8-12(2)10-14;1-6-5-7(2)9(4)8(6)3;1-3-2;/h6-11H,1H2,2-5H3;6H,1-4H3;3H,1-2H3;. The molecule has 1 aliphatic carbocycles. The normalized spacial score (nSPS) is 17.3. The van der Waals surface area contributed by atoms with Gasteiger partial charge in [-0.2, -0.15) is 0 Å². The van der Waals surface area contributed by atoms with Crippen LogP contribution in [0.5, 0.6) is 5.75 Å². The van der Waals surface area contributed by atoms with E-state index in [1.807, 2.05) is 28.2 Å². The van der Waals surface area contributed by atoms with Crippen LogP contribution in [0.25, 0.3) is 0 Å². The molecule has 1 nitrogen and oxygen atoms in total. The van der Waals surface area contributed by atoms with Gasteiger partial charge in [0.1, 0.15) is 5.75 Å². The fourth-order valence-corrected chi connectivity index (χ4v) is 10.1. The molecule has 0 N–H and O–H groups in total. The van der Waals surface area contributed by atoms with Crippen molar-refractivity contribution in [3.05, 3.63) is 74.9 Å². The van der Waals surface area contributed by atoms with Gasteiger partial charge in [0.2, 0.25) is 0 Å². The Bertz CT molecular complexity index is 806. The van der Waals surface area contributed by atoms with Crippen LogP contribution in [0.1, 0.15) is 54.0 Å². The van der Waals surface area contributed by atoms with E-state index in [9.17, 15) is 0 Å². The van der Waals surface area contributed by atoms with Crippen molar-refractivity contribution in [1.29, 1.82) is 0 Å². The van der Waals surface area contributed by atoms with Gasteiger partial charge in [-0.05, 0) is 35.6 Å². The van der Waals surface area contributed by atoms with Crippen LogP contribution in [0.3, 0.4) is 0 Å². The van der Waals surface area contributed by atoms with Crippen LogP contribution in [0, 0.1) is 18.3 Å². The van der Waals surface area contributed by atoms with Crippen molar-refractivity contribution in [2.45, 2.75) is 68.5 Å². The SMILES string of the molecule is C=CC(=COc1cccc(C)c1)C(C)(C)C.CC1=C(C)C(C)[C]([Ti][SiH](C)C)=C1C. The fraction of sp³-hybridized carbons (Fsp3) is 0.462. The maximum absolute atomic E-state index is 5.63. The molecule has 1 aromatic carbocycles. The second-order valence-electron chi connectivity index (χ2n) is 9.33. The molecule has 2 rings (SSSR count). The van der Waals surface area contributed by atoms with Crippen LogP contribution in [-0.2, 0) is 18.4 Å². The van der Waals surface area contributed by atoms with Crippen molar-refractivity contribution in [3.63, 3.8) is 0 Å². The number of aryl methyl sites for hydroxylation is 1. The van der Waals surface area contributed by atoms with Gasteiger partial charge in [-0.25, -0.2) is 0 Å². The Kier molecular flexibility index (Phi) is 10.1. The average Bonchev–Trinajstić information content (AvgIpc) is 2.79. The number of benzene rings is 1. The average molecular weight is 445 g/mol. The van der Waals surface area contributed by atoms with E-state index in [-0.39, 0.29) is 30.5 Å². The van der Waals surface area contributed by atoms with Crippen molar-refractivity contribution in [2.75, 3.05) is 0 Å². The molecule has 1 atom stereocenters. The minimum absolute atomic E-state index is 0.0611. The van der Waals surface area contributed by atoms with E-state index in [1.165, 1.54) is 5.56 Å². The van der Waals surface area contributed by atoms with Crippen molar-refractivity contribution in [2.24, 2.45) is 11.3 Å². The summed E-state index contributed by atoms with van der Waals surface area (Å²) in [5, 5.41) is 0. The number of rotatable bonds is 5. The Hall–Kier alpha value is -1.09. The van der Waals surface area contributed by atoms with Crippen molar-refractivity contribution in [3.8, 4) is 5.75 Å². The molecule has 1 unspecified atom stereocenters. The molecule has 0 bridgehead atoms. The number of ether oxygens (including phenoxy) is 1. The van der Waals surface area contributed by atoms with Crippen LogP contribution < -0.4 is 4.74 Å². The van der Waals surface area contributed by atoms with Crippen molar-refractivity contribution >= 4 is 6.66 Å². The zero-order chi connectivity index (χ0) is 22.4. The molecule has 1 aromatic rings. The molecule has 0 aliphatic heterocycles. The molecule has 0 saturated carbocycles. The molecule has 0 heterocycles. The third kappa shape index (κ3) is 7.92. The van der Waals surface area contributed by atoms with E-state index in [0.717, 1.165) is 17.2 Å². The summed E-state index contributed by atoms with van der Waals surface area (Å²) in [6, 6.07) is 8.00. The van der Waals surface area contributed by atoms with E-state index in [4.69, 9.17) is 4.74 Å². The Balaban J connectivity index is 0.000000296. The molecule has 158 valence electrons. The van der Waals surface area contributed by atoms with Gasteiger partial charge in [0.25, 0.3) is 0 Å². The third-order valence-corrected chi connectivity index (χ3v) is 11.8. The van der Waals surface area contributed by atoms with Gasteiger partial charge in [-0.3, -0.25) is 0 Å². The van der Waals surface area contributed by atoms with Crippen LogP contribution in [0.4, 0.5) is 0 Å². The van der Waals surface area contributed by atoms with E-state index in [2.05, 4.69) is 81.1 Å². The molecule has 0 spiro atoms. The molecule has 0 amide bonds. The van der Waals surface area contributed by atoms with Crippen LogP contribution in [0.2, 0.25) is 13.1 Å².